The molecule has 0 fully saturated rings. The molecule has 0 saturated heterocycles. The summed E-state index contributed by atoms with van der Waals surface area (Å²) >= 11 is 0. The topological polar surface area (TPSA) is 43.8 Å². The van der Waals surface area contributed by atoms with E-state index in [1.54, 1.807) is 0 Å². The molecule has 0 atom stereocenters. The minimum absolute atomic E-state index is 0.0733. The molecular formula is C12H16N2O2. The van der Waals surface area contributed by atoms with Crippen molar-refractivity contribution in [2.24, 2.45) is 0 Å². The Kier molecular flexibility index (Phi) is 2.73. The lowest BCUT2D eigenvalue weighted by Crippen LogP contribution is -2.41. The summed E-state index contributed by atoms with van der Waals surface area (Å²) in [6.07, 6.45) is 0. The van der Waals surface area contributed by atoms with Gasteiger partial charge in [-0.3, -0.25) is 4.79 Å². The Morgan fingerprint density at radius 2 is 2.12 bits per heavy atom. The molecule has 16 heavy (non-hydrogen) atoms. The van der Waals surface area contributed by atoms with Crippen molar-refractivity contribution < 1.29 is 9.90 Å². The number of hydrogen-bond acceptors (Lipinski definition) is 3. The van der Waals surface area contributed by atoms with Crippen LogP contribution in [0.15, 0.2) is 18.2 Å². The molecule has 2 rings (SSSR count). The molecule has 0 amide bonds. The fraction of sp³-hybridized carbons (Fsp3) is 0.417. The Morgan fingerprint density at radius 3 is 2.81 bits per heavy atom. The van der Waals surface area contributed by atoms with Gasteiger partial charge in [-0.25, -0.2) is 0 Å². The monoisotopic (exact) mass is 220 g/mol. The van der Waals surface area contributed by atoms with Gasteiger partial charge in [0.15, 0.2) is 0 Å². The summed E-state index contributed by atoms with van der Waals surface area (Å²) < 4.78 is 0. The number of likely N-dealkylation sites (N-methyl/N-ethyl adjacent to an activating group) is 1. The number of hydrogen-bond donors (Lipinski definition) is 1. The molecule has 0 radical (unpaired) electrons. The van der Waals surface area contributed by atoms with Gasteiger partial charge in [-0.05, 0) is 24.6 Å². The van der Waals surface area contributed by atoms with Crippen LogP contribution in [-0.2, 0) is 4.79 Å². The lowest BCUT2D eigenvalue weighted by molar-refractivity contribution is -0.135. The summed E-state index contributed by atoms with van der Waals surface area (Å²) in [4.78, 5) is 14.9. The Morgan fingerprint density at radius 1 is 1.38 bits per heavy atom. The van der Waals surface area contributed by atoms with Gasteiger partial charge in [-0.2, -0.15) is 0 Å². The number of nitrogens with zero attached hydrogens (tertiary/aromatic N) is 2. The van der Waals surface area contributed by atoms with Crippen molar-refractivity contribution in [3.63, 3.8) is 0 Å². The summed E-state index contributed by atoms with van der Waals surface area (Å²) in [6, 6.07) is 6.12. The highest BCUT2D eigenvalue weighted by molar-refractivity contribution is 5.80. The zero-order valence-electron chi connectivity index (χ0n) is 9.60. The molecule has 4 heteroatoms. The third-order valence-electron chi connectivity index (χ3n) is 2.91. The molecule has 0 aliphatic carbocycles. The third-order valence-corrected chi connectivity index (χ3v) is 2.91. The Labute approximate surface area is 95.1 Å². The second-order valence-electron chi connectivity index (χ2n) is 4.23. The highest BCUT2D eigenvalue weighted by Gasteiger charge is 2.21. The van der Waals surface area contributed by atoms with Crippen LogP contribution in [0.3, 0.4) is 0 Å². The standard InChI is InChI=1S/C12H16N2O2/c1-9-3-4-10-11(7-9)13(2)5-6-14(10)8-12(15)16/h3-4,7H,5-6,8H2,1-2H3,(H,15,16). The molecule has 1 aliphatic rings. The number of carboxylic acid groups (broad SMARTS) is 1. The normalized spacial score (nSPS) is 14.9. The maximum atomic E-state index is 10.8. The number of aryl methyl sites for hydroxylation is 1. The average molecular weight is 220 g/mol. The van der Waals surface area contributed by atoms with E-state index < -0.39 is 5.97 Å². The number of fused-ring (bicyclic) bond motifs is 1. The molecule has 1 heterocycles. The fourth-order valence-electron chi connectivity index (χ4n) is 2.05. The Bertz CT molecular complexity index is 417. The first-order valence-corrected chi connectivity index (χ1v) is 5.36. The van der Waals surface area contributed by atoms with Crippen LogP contribution in [-0.4, -0.2) is 37.8 Å². The van der Waals surface area contributed by atoms with Gasteiger partial charge in [0.2, 0.25) is 0 Å². The van der Waals surface area contributed by atoms with Crippen LogP contribution >= 0.6 is 0 Å². The average Bonchev–Trinajstić information content (AvgIpc) is 2.22. The fourth-order valence-corrected chi connectivity index (χ4v) is 2.05. The van der Waals surface area contributed by atoms with Crippen molar-refractivity contribution in [1.29, 1.82) is 0 Å². The zero-order valence-corrected chi connectivity index (χ0v) is 9.60. The van der Waals surface area contributed by atoms with Gasteiger partial charge >= 0.3 is 5.97 Å². The lowest BCUT2D eigenvalue weighted by Gasteiger charge is -2.36. The molecule has 0 saturated carbocycles. The molecule has 0 bridgehead atoms. The van der Waals surface area contributed by atoms with E-state index >= 15 is 0 Å². The van der Waals surface area contributed by atoms with Gasteiger partial charge in [0.1, 0.15) is 6.54 Å². The largest absolute Gasteiger partial charge is 0.480 e. The van der Waals surface area contributed by atoms with Crippen LogP contribution in [0.2, 0.25) is 0 Å². The van der Waals surface area contributed by atoms with Crippen molar-refractivity contribution in [2.75, 3.05) is 36.5 Å². The number of rotatable bonds is 2. The van der Waals surface area contributed by atoms with E-state index in [1.807, 2.05) is 31.0 Å². The highest BCUT2D eigenvalue weighted by atomic mass is 16.4. The van der Waals surface area contributed by atoms with Gasteiger partial charge in [0.05, 0.1) is 11.4 Å². The van der Waals surface area contributed by atoms with Gasteiger partial charge in [0.25, 0.3) is 0 Å². The van der Waals surface area contributed by atoms with Crippen LogP contribution in [0.1, 0.15) is 5.56 Å². The second-order valence-corrected chi connectivity index (χ2v) is 4.23. The second kappa shape index (κ2) is 4.04. The lowest BCUT2D eigenvalue weighted by atomic mass is 10.1. The molecule has 1 aromatic carbocycles. The van der Waals surface area contributed by atoms with Crippen molar-refractivity contribution in [3.8, 4) is 0 Å². The van der Waals surface area contributed by atoms with Crippen molar-refractivity contribution >= 4 is 17.3 Å². The van der Waals surface area contributed by atoms with E-state index in [2.05, 4.69) is 11.0 Å². The van der Waals surface area contributed by atoms with Gasteiger partial charge < -0.3 is 14.9 Å². The molecule has 0 unspecified atom stereocenters. The highest BCUT2D eigenvalue weighted by Crippen LogP contribution is 2.32. The van der Waals surface area contributed by atoms with Crippen molar-refractivity contribution in [2.45, 2.75) is 6.92 Å². The number of anilines is 2. The Balaban J connectivity index is 2.36. The first kappa shape index (κ1) is 10.8. The predicted molar refractivity (Wildman–Crippen MR) is 64.3 cm³/mol. The summed E-state index contributed by atoms with van der Waals surface area (Å²) in [5.41, 5.74) is 3.33. The van der Waals surface area contributed by atoms with E-state index in [0.29, 0.717) is 0 Å². The maximum Gasteiger partial charge on any atom is 0.323 e. The molecular weight excluding hydrogens is 204 g/mol. The summed E-state index contributed by atoms with van der Waals surface area (Å²) in [5.74, 6) is -0.781. The van der Waals surface area contributed by atoms with Crippen molar-refractivity contribution in [3.05, 3.63) is 23.8 Å². The van der Waals surface area contributed by atoms with Crippen LogP contribution < -0.4 is 9.80 Å². The first-order chi connectivity index (χ1) is 7.58. The van der Waals surface area contributed by atoms with Gasteiger partial charge in [-0.15, -0.1) is 0 Å². The number of carbonyl (C=O) groups is 1. The number of carboxylic acids is 1. The van der Waals surface area contributed by atoms with Crippen LogP contribution in [0.25, 0.3) is 0 Å². The van der Waals surface area contributed by atoms with Crippen molar-refractivity contribution in [1.82, 2.24) is 0 Å². The number of aliphatic carboxylic acids is 1. The van der Waals surface area contributed by atoms with Crippen LogP contribution in [0.5, 0.6) is 0 Å². The van der Waals surface area contributed by atoms with E-state index in [-0.39, 0.29) is 6.54 Å². The summed E-state index contributed by atoms with van der Waals surface area (Å²) in [7, 11) is 2.04. The molecule has 1 aromatic rings. The van der Waals surface area contributed by atoms with E-state index in [1.165, 1.54) is 5.56 Å². The van der Waals surface area contributed by atoms with E-state index in [9.17, 15) is 4.79 Å². The summed E-state index contributed by atoms with van der Waals surface area (Å²) in [5, 5.41) is 8.86. The SMILES string of the molecule is Cc1ccc2c(c1)N(C)CCN2CC(=O)O. The minimum atomic E-state index is -0.781. The smallest absolute Gasteiger partial charge is 0.323 e. The summed E-state index contributed by atoms with van der Waals surface area (Å²) in [6.45, 7) is 3.75. The maximum absolute atomic E-state index is 10.8. The Hall–Kier alpha value is -1.71. The predicted octanol–water partition coefficient (Wildman–Crippen LogP) is 1.34. The van der Waals surface area contributed by atoms with Crippen LogP contribution in [0.4, 0.5) is 11.4 Å². The minimum Gasteiger partial charge on any atom is -0.480 e. The molecule has 0 spiro atoms. The van der Waals surface area contributed by atoms with E-state index in [0.717, 1.165) is 24.5 Å². The number of benzene rings is 1. The van der Waals surface area contributed by atoms with E-state index in [4.69, 9.17) is 5.11 Å². The molecule has 86 valence electrons. The first-order valence-electron chi connectivity index (χ1n) is 5.36. The quantitative estimate of drug-likeness (QED) is 0.816. The third kappa shape index (κ3) is 1.96. The van der Waals surface area contributed by atoms with Crippen LogP contribution in [0, 0.1) is 6.92 Å². The molecule has 1 N–H and O–H groups in total. The molecule has 4 nitrogen and oxygen atoms in total. The molecule has 0 aromatic heterocycles. The molecule has 1 aliphatic heterocycles. The zero-order chi connectivity index (χ0) is 11.7. The van der Waals surface area contributed by atoms with Gasteiger partial charge in [0, 0.05) is 20.1 Å². The van der Waals surface area contributed by atoms with Gasteiger partial charge in [-0.1, -0.05) is 6.07 Å².